The topological polar surface area (TPSA) is 115 Å². The van der Waals surface area contributed by atoms with Gasteiger partial charge in [-0.3, -0.25) is 19.7 Å². The van der Waals surface area contributed by atoms with E-state index in [0.29, 0.717) is 16.8 Å². The van der Waals surface area contributed by atoms with Crippen molar-refractivity contribution in [2.75, 3.05) is 0 Å². The lowest BCUT2D eigenvalue weighted by atomic mass is 10.1. The van der Waals surface area contributed by atoms with Crippen molar-refractivity contribution in [3.05, 3.63) is 56.4 Å². The average Bonchev–Trinajstić information content (AvgIpc) is 2.48. The summed E-state index contributed by atoms with van der Waals surface area (Å²) in [6, 6.07) is 7.35. The van der Waals surface area contributed by atoms with E-state index in [1.165, 1.54) is 31.3 Å². The summed E-state index contributed by atoms with van der Waals surface area (Å²) in [4.78, 5) is 32.9. The maximum absolute atomic E-state index is 11.9. The molecule has 114 valence electrons. The number of carbonyl (C=O) groups is 1. The van der Waals surface area contributed by atoms with Crippen molar-refractivity contribution in [3.63, 3.8) is 0 Å². The molecule has 1 aromatic carbocycles. The Balaban J connectivity index is 2.47. The molecule has 22 heavy (non-hydrogen) atoms. The van der Waals surface area contributed by atoms with Crippen molar-refractivity contribution >= 4 is 11.7 Å². The minimum Gasteiger partial charge on any atom is -0.481 e. The van der Waals surface area contributed by atoms with Gasteiger partial charge in [0.1, 0.15) is 0 Å². The molecule has 2 rings (SSSR count). The van der Waals surface area contributed by atoms with E-state index < -0.39 is 10.9 Å². The third kappa shape index (κ3) is 3.35. The van der Waals surface area contributed by atoms with Crippen molar-refractivity contribution < 1.29 is 14.8 Å². The summed E-state index contributed by atoms with van der Waals surface area (Å²) in [5, 5.41) is 23.6. The fourth-order valence-electron chi connectivity index (χ4n) is 2.01. The summed E-state index contributed by atoms with van der Waals surface area (Å²) in [7, 11) is 1.45. The predicted molar refractivity (Wildman–Crippen MR) is 77.5 cm³/mol. The van der Waals surface area contributed by atoms with E-state index in [1.807, 2.05) is 0 Å². The van der Waals surface area contributed by atoms with Gasteiger partial charge in [0.05, 0.1) is 10.6 Å². The molecule has 8 heteroatoms. The number of hydrogen-bond acceptors (Lipinski definition) is 5. The standard InChI is InChI=1S/C14H13N3O5/c1-16-14(20)10(5-6-13(18)19)8-12(15-16)9-3-2-4-11(7-9)17(21)22/h2-4,7-8H,5-6H2,1H3,(H,18,19). The van der Waals surface area contributed by atoms with E-state index in [0.717, 1.165) is 4.68 Å². The molecule has 0 aliphatic carbocycles. The fraction of sp³-hybridized carbons (Fsp3) is 0.214. The van der Waals surface area contributed by atoms with E-state index in [2.05, 4.69) is 5.10 Å². The highest BCUT2D eigenvalue weighted by Gasteiger charge is 2.12. The molecule has 8 nitrogen and oxygen atoms in total. The number of aromatic nitrogens is 2. The Morgan fingerprint density at radius 3 is 2.77 bits per heavy atom. The fourth-order valence-corrected chi connectivity index (χ4v) is 2.01. The van der Waals surface area contributed by atoms with Crippen LogP contribution in [0, 0.1) is 10.1 Å². The Bertz CT molecular complexity index is 797. The first-order valence-corrected chi connectivity index (χ1v) is 6.42. The summed E-state index contributed by atoms with van der Waals surface area (Å²) in [6.45, 7) is 0. The minimum absolute atomic E-state index is 0.0758. The number of nitrogens with zero attached hydrogens (tertiary/aromatic N) is 3. The molecule has 0 unspecified atom stereocenters. The Morgan fingerprint density at radius 2 is 2.14 bits per heavy atom. The van der Waals surface area contributed by atoms with Gasteiger partial charge in [-0.25, -0.2) is 4.68 Å². The van der Waals surface area contributed by atoms with Crippen molar-refractivity contribution in [1.82, 2.24) is 9.78 Å². The summed E-state index contributed by atoms with van der Waals surface area (Å²) < 4.78 is 1.10. The molecule has 0 radical (unpaired) electrons. The Kier molecular flexibility index (Phi) is 4.31. The number of aliphatic carboxylic acids is 1. The number of hydrogen-bond donors (Lipinski definition) is 1. The van der Waals surface area contributed by atoms with E-state index in [9.17, 15) is 19.7 Å². The van der Waals surface area contributed by atoms with Crippen LogP contribution in [0.4, 0.5) is 5.69 Å². The first kappa shape index (κ1) is 15.4. The number of benzene rings is 1. The van der Waals surface area contributed by atoms with Gasteiger partial charge in [-0.15, -0.1) is 0 Å². The molecule has 0 atom stereocenters. The number of nitro groups is 1. The third-order valence-corrected chi connectivity index (χ3v) is 3.10. The van der Waals surface area contributed by atoms with Crippen molar-refractivity contribution in [2.45, 2.75) is 12.8 Å². The molecule has 0 saturated heterocycles. The van der Waals surface area contributed by atoms with Crippen LogP contribution in [0.1, 0.15) is 12.0 Å². The van der Waals surface area contributed by atoms with Crippen LogP contribution in [0.2, 0.25) is 0 Å². The molecule has 1 N–H and O–H groups in total. The summed E-state index contributed by atoms with van der Waals surface area (Å²) in [5.41, 5.74) is 0.713. The SMILES string of the molecule is Cn1nc(-c2cccc([N+](=O)[O-])c2)cc(CCC(=O)O)c1=O. The number of rotatable bonds is 5. The molecule has 0 aliphatic rings. The zero-order valence-corrected chi connectivity index (χ0v) is 11.7. The molecule has 0 saturated carbocycles. The maximum atomic E-state index is 11.9. The van der Waals surface area contributed by atoms with Crippen molar-refractivity contribution in [3.8, 4) is 11.3 Å². The molecule has 0 bridgehead atoms. The second kappa shape index (κ2) is 6.17. The van der Waals surface area contributed by atoms with Crippen LogP contribution in [0.3, 0.4) is 0 Å². The smallest absolute Gasteiger partial charge is 0.303 e. The van der Waals surface area contributed by atoms with E-state index in [-0.39, 0.29) is 24.1 Å². The van der Waals surface area contributed by atoms with Gasteiger partial charge >= 0.3 is 5.97 Å². The van der Waals surface area contributed by atoms with Crippen LogP contribution < -0.4 is 5.56 Å². The Hall–Kier alpha value is -3.03. The highest BCUT2D eigenvalue weighted by atomic mass is 16.6. The highest BCUT2D eigenvalue weighted by Crippen LogP contribution is 2.22. The number of carboxylic acids is 1. The van der Waals surface area contributed by atoms with E-state index >= 15 is 0 Å². The maximum Gasteiger partial charge on any atom is 0.303 e. The number of aryl methyl sites for hydroxylation is 2. The molecule has 0 amide bonds. The normalized spacial score (nSPS) is 10.4. The largest absolute Gasteiger partial charge is 0.481 e. The predicted octanol–water partition coefficient (Wildman–Crippen LogP) is 1.37. The van der Waals surface area contributed by atoms with E-state index in [4.69, 9.17) is 5.11 Å². The van der Waals surface area contributed by atoms with Crippen LogP contribution in [-0.2, 0) is 18.3 Å². The first-order chi connectivity index (χ1) is 10.4. The van der Waals surface area contributed by atoms with Crippen LogP contribution >= 0.6 is 0 Å². The number of nitro benzene ring substituents is 1. The van der Waals surface area contributed by atoms with Crippen LogP contribution in [-0.4, -0.2) is 25.8 Å². The molecule has 2 aromatic rings. The summed E-state index contributed by atoms with van der Waals surface area (Å²) >= 11 is 0. The van der Waals surface area contributed by atoms with Gasteiger partial charge < -0.3 is 5.11 Å². The van der Waals surface area contributed by atoms with Gasteiger partial charge in [0.2, 0.25) is 0 Å². The monoisotopic (exact) mass is 303 g/mol. The molecule has 0 aliphatic heterocycles. The van der Waals surface area contributed by atoms with Crippen molar-refractivity contribution in [2.24, 2.45) is 7.05 Å². The quantitative estimate of drug-likeness (QED) is 0.659. The molecule has 0 fully saturated rings. The highest BCUT2D eigenvalue weighted by molar-refractivity contribution is 5.67. The minimum atomic E-state index is -1.00. The molecular formula is C14H13N3O5. The van der Waals surface area contributed by atoms with E-state index in [1.54, 1.807) is 6.07 Å². The number of non-ortho nitro benzene ring substituents is 1. The summed E-state index contributed by atoms with van der Waals surface area (Å²) in [6.07, 6.45) is -0.0971. The first-order valence-electron chi connectivity index (χ1n) is 6.42. The Labute approximate surface area is 124 Å². The zero-order valence-electron chi connectivity index (χ0n) is 11.7. The van der Waals surface area contributed by atoms with Crippen molar-refractivity contribution in [1.29, 1.82) is 0 Å². The van der Waals surface area contributed by atoms with Crippen LogP contribution in [0.5, 0.6) is 0 Å². The van der Waals surface area contributed by atoms with Gasteiger partial charge in [0, 0.05) is 36.7 Å². The second-order valence-corrected chi connectivity index (χ2v) is 4.68. The lowest BCUT2D eigenvalue weighted by Gasteiger charge is -2.07. The average molecular weight is 303 g/mol. The second-order valence-electron chi connectivity index (χ2n) is 4.68. The molecule has 1 aromatic heterocycles. The van der Waals surface area contributed by atoms with Gasteiger partial charge in [-0.2, -0.15) is 5.10 Å². The zero-order chi connectivity index (χ0) is 16.3. The van der Waals surface area contributed by atoms with Crippen LogP contribution in [0.25, 0.3) is 11.3 Å². The Morgan fingerprint density at radius 1 is 1.41 bits per heavy atom. The van der Waals surface area contributed by atoms with Gasteiger partial charge in [0.15, 0.2) is 0 Å². The molecule has 0 spiro atoms. The van der Waals surface area contributed by atoms with Gasteiger partial charge in [-0.1, -0.05) is 12.1 Å². The third-order valence-electron chi connectivity index (χ3n) is 3.10. The lowest BCUT2D eigenvalue weighted by molar-refractivity contribution is -0.384. The lowest BCUT2D eigenvalue weighted by Crippen LogP contribution is -2.24. The summed E-state index contributed by atoms with van der Waals surface area (Å²) in [5.74, 6) is -1.00. The van der Waals surface area contributed by atoms with Gasteiger partial charge in [-0.05, 0) is 12.5 Å². The molecular weight excluding hydrogens is 290 g/mol. The number of carboxylic acid groups (broad SMARTS) is 1. The van der Waals surface area contributed by atoms with Crippen LogP contribution in [0.15, 0.2) is 35.1 Å². The van der Waals surface area contributed by atoms with Gasteiger partial charge in [0.25, 0.3) is 11.2 Å². The molecule has 1 heterocycles.